The molecule has 0 spiro atoms. The zero-order valence-corrected chi connectivity index (χ0v) is 13.4. The van der Waals surface area contributed by atoms with Gasteiger partial charge in [-0.3, -0.25) is 10.1 Å². The van der Waals surface area contributed by atoms with Crippen LogP contribution in [-0.4, -0.2) is 40.2 Å². The number of hydrogen-bond donors (Lipinski definition) is 1. The van der Waals surface area contributed by atoms with Crippen LogP contribution in [0.4, 0.5) is 0 Å². The van der Waals surface area contributed by atoms with E-state index in [1.807, 2.05) is 0 Å². The molecule has 0 saturated heterocycles. The van der Waals surface area contributed by atoms with Crippen LogP contribution in [0.15, 0.2) is 42.3 Å². The van der Waals surface area contributed by atoms with Crippen LogP contribution in [0, 0.1) is 10.1 Å². The topological polar surface area (TPSA) is 112 Å². The number of pyridine rings is 1. The van der Waals surface area contributed by atoms with Crippen LogP contribution in [0.3, 0.4) is 0 Å². The summed E-state index contributed by atoms with van der Waals surface area (Å²) in [5.74, 6) is -0.243. The van der Waals surface area contributed by atoms with E-state index >= 15 is 0 Å². The van der Waals surface area contributed by atoms with Gasteiger partial charge in [0.2, 0.25) is 6.04 Å². The second-order valence-corrected chi connectivity index (χ2v) is 5.66. The van der Waals surface area contributed by atoms with Crippen molar-refractivity contribution in [1.82, 2.24) is 4.98 Å². The van der Waals surface area contributed by atoms with E-state index in [-0.39, 0.29) is 10.6 Å². The van der Waals surface area contributed by atoms with Gasteiger partial charge in [-0.1, -0.05) is 12.1 Å². The molecule has 2 unspecified atom stereocenters. The lowest BCUT2D eigenvalue weighted by atomic mass is 9.99. The maximum Gasteiger partial charge on any atom is 0.354 e. The minimum absolute atomic E-state index is 0.0804. The largest absolute Gasteiger partial charge is 0.497 e. The molecule has 1 N–H and O–H groups in total. The number of nitro groups is 1. The number of carboxylic acids is 1. The summed E-state index contributed by atoms with van der Waals surface area (Å²) in [6.07, 6.45) is 3.25. The van der Waals surface area contributed by atoms with Gasteiger partial charge in [-0.15, -0.1) is 0 Å². The number of carbonyl (C=O) groups is 1. The van der Waals surface area contributed by atoms with E-state index in [9.17, 15) is 14.9 Å². The van der Waals surface area contributed by atoms with Crippen molar-refractivity contribution in [3.8, 4) is 5.75 Å². The Morgan fingerprint density at radius 2 is 2.20 bits per heavy atom. The van der Waals surface area contributed by atoms with Crippen molar-refractivity contribution in [2.75, 3.05) is 7.11 Å². The van der Waals surface area contributed by atoms with Crippen LogP contribution in [0.2, 0.25) is 0 Å². The van der Waals surface area contributed by atoms with Gasteiger partial charge in [-0.25, -0.2) is 9.78 Å². The molecular weight excluding hydrogens is 328 g/mol. The van der Waals surface area contributed by atoms with Gasteiger partial charge in [0.25, 0.3) is 0 Å². The van der Waals surface area contributed by atoms with Gasteiger partial charge in [0.05, 0.1) is 7.11 Å². The minimum atomic E-state index is -1.12. The van der Waals surface area contributed by atoms with Crippen molar-refractivity contribution in [2.24, 2.45) is 0 Å². The maximum absolute atomic E-state index is 11.1. The molecule has 130 valence electrons. The van der Waals surface area contributed by atoms with Crippen molar-refractivity contribution in [3.63, 3.8) is 0 Å². The highest BCUT2D eigenvalue weighted by Gasteiger charge is 2.31. The Morgan fingerprint density at radius 1 is 1.40 bits per heavy atom. The number of aromatic nitrogens is 1. The molecule has 1 heterocycles. The highest BCUT2D eigenvalue weighted by atomic mass is 16.6. The summed E-state index contributed by atoms with van der Waals surface area (Å²) in [5, 5.41) is 21.4. The van der Waals surface area contributed by atoms with Crippen molar-refractivity contribution in [1.29, 1.82) is 0 Å². The Balaban J connectivity index is 1.95. The standard InChI is InChI=1S/C17H16N2O6/c1-24-16-7-11(19(22)23)5-6-15(16)25-14-4-2-3-10-9-18-13(17(20)21)8-12(10)14/h2-4,7-9,11,15H,5-6H2,1H3,(H,20,21). The smallest absolute Gasteiger partial charge is 0.354 e. The van der Waals surface area contributed by atoms with E-state index in [0.717, 1.165) is 5.39 Å². The van der Waals surface area contributed by atoms with Crippen LogP contribution in [0.1, 0.15) is 23.3 Å². The lowest BCUT2D eigenvalue weighted by Crippen LogP contribution is -2.31. The number of carboxylic acid groups (broad SMARTS) is 1. The van der Waals surface area contributed by atoms with Crippen LogP contribution >= 0.6 is 0 Å². The molecule has 0 aliphatic heterocycles. The predicted octanol–water partition coefficient (Wildman–Crippen LogP) is 2.65. The fraction of sp³-hybridized carbons (Fsp3) is 0.294. The zero-order chi connectivity index (χ0) is 18.0. The van der Waals surface area contributed by atoms with Crippen LogP contribution in [0.25, 0.3) is 10.8 Å². The third kappa shape index (κ3) is 3.37. The number of fused-ring (bicyclic) bond motifs is 1. The fourth-order valence-electron chi connectivity index (χ4n) is 2.84. The molecule has 8 nitrogen and oxygen atoms in total. The highest BCUT2D eigenvalue weighted by molar-refractivity contribution is 5.94. The van der Waals surface area contributed by atoms with Gasteiger partial charge in [0.15, 0.2) is 6.10 Å². The van der Waals surface area contributed by atoms with Crippen LogP contribution in [0.5, 0.6) is 5.75 Å². The first-order chi connectivity index (χ1) is 12.0. The van der Waals surface area contributed by atoms with E-state index in [4.69, 9.17) is 14.6 Å². The molecule has 0 saturated carbocycles. The van der Waals surface area contributed by atoms with Crippen molar-refractivity contribution < 1.29 is 24.3 Å². The van der Waals surface area contributed by atoms with Crippen molar-refractivity contribution in [3.05, 3.63) is 58.1 Å². The quantitative estimate of drug-likeness (QED) is 0.655. The number of rotatable bonds is 5. The summed E-state index contributed by atoms with van der Waals surface area (Å²) in [5.41, 5.74) is -0.0804. The summed E-state index contributed by atoms with van der Waals surface area (Å²) >= 11 is 0. The molecule has 2 atom stereocenters. The molecule has 1 aromatic carbocycles. The first kappa shape index (κ1) is 16.7. The molecule has 1 aromatic heterocycles. The summed E-state index contributed by atoms with van der Waals surface area (Å²) in [4.78, 5) is 25.6. The number of methoxy groups -OCH3 is 1. The minimum Gasteiger partial charge on any atom is -0.497 e. The Kier molecular flexibility index (Phi) is 4.51. The van der Waals surface area contributed by atoms with E-state index in [1.54, 1.807) is 18.2 Å². The molecule has 0 bridgehead atoms. The highest BCUT2D eigenvalue weighted by Crippen LogP contribution is 2.31. The summed E-state index contributed by atoms with van der Waals surface area (Å²) in [6.45, 7) is 0. The second-order valence-electron chi connectivity index (χ2n) is 5.66. The second kappa shape index (κ2) is 6.76. The Bertz CT molecular complexity index is 863. The van der Waals surface area contributed by atoms with Gasteiger partial charge in [0.1, 0.15) is 17.2 Å². The number of benzene rings is 1. The fourth-order valence-corrected chi connectivity index (χ4v) is 2.84. The monoisotopic (exact) mass is 344 g/mol. The molecule has 3 rings (SSSR count). The molecule has 1 aliphatic rings. The maximum atomic E-state index is 11.1. The number of aromatic carboxylic acids is 1. The van der Waals surface area contributed by atoms with Crippen LogP contribution in [-0.2, 0) is 4.74 Å². The average molecular weight is 344 g/mol. The molecule has 1 aliphatic carbocycles. The Hall–Kier alpha value is -3.16. The molecule has 25 heavy (non-hydrogen) atoms. The third-order valence-corrected chi connectivity index (χ3v) is 4.12. The summed E-state index contributed by atoms with van der Waals surface area (Å²) in [6, 6.07) is 5.97. The van der Waals surface area contributed by atoms with E-state index < -0.39 is 18.1 Å². The van der Waals surface area contributed by atoms with Crippen molar-refractivity contribution >= 4 is 16.7 Å². The van der Waals surface area contributed by atoms with Gasteiger partial charge in [0, 0.05) is 34.4 Å². The lowest BCUT2D eigenvalue weighted by molar-refractivity contribution is -0.511. The van der Waals surface area contributed by atoms with Gasteiger partial charge >= 0.3 is 5.97 Å². The lowest BCUT2D eigenvalue weighted by Gasteiger charge is -2.25. The normalized spacial score (nSPS) is 20.0. The predicted molar refractivity (Wildman–Crippen MR) is 88.2 cm³/mol. The number of hydrogen-bond acceptors (Lipinski definition) is 6. The Labute approximate surface area is 142 Å². The molecular formula is C17H16N2O6. The van der Waals surface area contributed by atoms with Gasteiger partial charge in [-0.05, 0) is 18.6 Å². The molecule has 0 fully saturated rings. The average Bonchev–Trinajstić information content (AvgIpc) is 2.61. The van der Waals surface area contributed by atoms with E-state index in [2.05, 4.69) is 4.98 Å². The van der Waals surface area contributed by atoms with Gasteiger partial charge < -0.3 is 14.6 Å². The van der Waals surface area contributed by atoms with Crippen molar-refractivity contribution in [2.45, 2.75) is 25.0 Å². The first-order valence-electron chi connectivity index (χ1n) is 7.67. The number of ether oxygens (including phenoxy) is 2. The summed E-state index contributed by atoms with van der Waals surface area (Å²) < 4.78 is 11.3. The Morgan fingerprint density at radius 3 is 2.88 bits per heavy atom. The first-order valence-corrected chi connectivity index (χ1v) is 7.67. The summed E-state index contributed by atoms with van der Waals surface area (Å²) in [7, 11) is 1.44. The van der Waals surface area contributed by atoms with Gasteiger partial charge in [-0.2, -0.15) is 0 Å². The molecule has 8 heteroatoms. The molecule has 0 radical (unpaired) electrons. The number of nitrogens with zero attached hydrogens (tertiary/aromatic N) is 2. The molecule has 2 aromatic rings. The zero-order valence-electron chi connectivity index (χ0n) is 13.4. The molecule has 0 amide bonds. The van der Waals surface area contributed by atoms with Crippen LogP contribution < -0.4 is 4.74 Å². The van der Waals surface area contributed by atoms with E-state index in [0.29, 0.717) is 29.7 Å². The van der Waals surface area contributed by atoms with E-state index in [1.165, 1.54) is 25.4 Å². The SMILES string of the molecule is COC1=CC([N+](=O)[O-])CCC1Oc1cccc2cnc(C(=O)O)cc12. The third-order valence-electron chi connectivity index (χ3n) is 4.12.